The van der Waals surface area contributed by atoms with Crippen LogP contribution in [-0.4, -0.2) is 126 Å². The summed E-state index contributed by atoms with van der Waals surface area (Å²) in [5.74, 6) is -7.77. The van der Waals surface area contributed by atoms with Gasteiger partial charge in [0.2, 0.25) is 5.79 Å². The number of cyclic esters (lactones) is 1. The van der Waals surface area contributed by atoms with Crippen molar-refractivity contribution in [2.75, 3.05) is 27.9 Å². The van der Waals surface area contributed by atoms with Crippen LogP contribution in [0.1, 0.15) is 112 Å². The molecule has 58 heavy (non-hydrogen) atoms. The quantitative estimate of drug-likeness (QED) is 0.178. The zero-order chi connectivity index (χ0) is 43.1. The Morgan fingerprint density at radius 1 is 0.914 bits per heavy atom. The fourth-order valence-electron chi connectivity index (χ4n) is 9.59. The summed E-state index contributed by atoms with van der Waals surface area (Å²) in [7, 11) is 4.62. The van der Waals surface area contributed by atoms with Crippen molar-refractivity contribution in [1.29, 1.82) is 0 Å². The highest BCUT2D eigenvalue weighted by atomic mass is 16.7. The molecule has 13 heteroatoms. The van der Waals surface area contributed by atoms with E-state index in [-0.39, 0.29) is 49.5 Å². The number of ether oxygens (including phenoxy) is 5. The molecule has 3 N–H and O–H groups in total. The van der Waals surface area contributed by atoms with Crippen molar-refractivity contribution in [3.8, 4) is 0 Å². The van der Waals surface area contributed by atoms with Crippen LogP contribution in [0.4, 0.5) is 0 Å². The van der Waals surface area contributed by atoms with Gasteiger partial charge in [-0.25, -0.2) is 4.79 Å². The normalized spacial score (nSPS) is 39.6. The Bertz CT molecular complexity index is 1530. The number of amides is 1. The minimum atomic E-state index is -2.51. The molecule has 4 aliphatic rings. The molecule has 3 fully saturated rings. The molecule has 0 spiro atoms. The number of carbonyl (C=O) groups is 4. The lowest BCUT2D eigenvalue weighted by atomic mass is 9.81. The van der Waals surface area contributed by atoms with E-state index in [9.17, 15) is 34.5 Å². The summed E-state index contributed by atoms with van der Waals surface area (Å²) in [4.78, 5) is 58.1. The maximum atomic E-state index is 14.3. The summed E-state index contributed by atoms with van der Waals surface area (Å²) in [6, 6.07) is -1.14. The first-order valence-corrected chi connectivity index (χ1v) is 21.3. The predicted octanol–water partition coefficient (Wildman–Crippen LogP) is 5.03. The highest BCUT2D eigenvalue weighted by Crippen LogP contribution is 2.39. The van der Waals surface area contributed by atoms with Crippen LogP contribution in [0.15, 0.2) is 35.5 Å². The zero-order valence-electron chi connectivity index (χ0n) is 36.3. The van der Waals surface area contributed by atoms with E-state index in [0.717, 1.165) is 11.1 Å². The minimum absolute atomic E-state index is 0.00627. The van der Waals surface area contributed by atoms with Crippen molar-refractivity contribution >= 4 is 23.4 Å². The van der Waals surface area contributed by atoms with E-state index in [1.807, 2.05) is 39.8 Å². The molecule has 14 unspecified atom stereocenters. The van der Waals surface area contributed by atoms with Gasteiger partial charge in [-0.2, -0.15) is 0 Å². The number of carbonyl (C=O) groups excluding carboxylic acids is 4. The molecule has 328 valence electrons. The number of allylic oxidation sites excluding steroid dienone is 4. The van der Waals surface area contributed by atoms with Crippen molar-refractivity contribution in [2.24, 2.45) is 29.6 Å². The van der Waals surface area contributed by atoms with E-state index < -0.39 is 83.9 Å². The highest BCUT2D eigenvalue weighted by Gasteiger charge is 2.56. The van der Waals surface area contributed by atoms with Crippen LogP contribution in [0.5, 0.6) is 0 Å². The number of Topliss-reactive ketones (excluding diaryl/α,β-unsaturated/α-hetero) is 2. The number of aliphatic hydroxyl groups is 3. The maximum absolute atomic E-state index is 14.3. The topological polar surface area (TPSA) is 178 Å². The Labute approximate surface area is 345 Å². The molecule has 0 aromatic rings. The third-order valence-corrected chi connectivity index (χ3v) is 13.0. The van der Waals surface area contributed by atoms with E-state index in [0.29, 0.717) is 56.9 Å². The molecule has 1 saturated carbocycles. The summed E-state index contributed by atoms with van der Waals surface area (Å²) < 4.78 is 29.8. The van der Waals surface area contributed by atoms with Crippen LogP contribution in [-0.2, 0) is 42.9 Å². The van der Waals surface area contributed by atoms with Gasteiger partial charge in [0.1, 0.15) is 24.0 Å². The van der Waals surface area contributed by atoms with Gasteiger partial charge in [0.25, 0.3) is 11.7 Å². The number of hydrogen-bond donors (Lipinski definition) is 3. The number of methoxy groups -OCH3 is 3. The fourth-order valence-corrected chi connectivity index (χ4v) is 9.59. The summed E-state index contributed by atoms with van der Waals surface area (Å²) in [6.45, 7) is 15.2. The molecular weight excluding hydrogens is 746 g/mol. The molecule has 14 atom stereocenters. The van der Waals surface area contributed by atoms with Gasteiger partial charge in [-0.05, 0) is 102 Å². The summed E-state index contributed by atoms with van der Waals surface area (Å²) in [5.41, 5.74) is 2.44. The van der Waals surface area contributed by atoms with Gasteiger partial charge in [0.05, 0.1) is 30.5 Å². The summed E-state index contributed by atoms with van der Waals surface area (Å²) >= 11 is 0. The first-order chi connectivity index (χ1) is 27.3. The average Bonchev–Trinajstić information content (AvgIpc) is 3.18. The van der Waals surface area contributed by atoms with Crippen molar-refractivity contribution in [1.82, 2.24) is 4.90 Å². The number of rotatable bonds is 7. The van der Waals surface area contributed by atoms with Gasteiger partial charge >= 0.3 is 5.97 Å². The lowest BCUT2D eigenvalue weighted by Gasteiger charge is -2.47. The molecule has 1 aliphatic carbocycles. The Kier molecular flexibility index (Phi) is 17.5. The second-order valence-electron chi connectivity index (χ2n) is 17.9. The second kappa shape index (κ2) is 21.1. The third-order valence-electron chi connectivity index (χ3n) is 13.0. The Hall–Kier alpha value is -2.78. The SMILES string of the molecule is C=C(C)CC1C=C(C)CC(C)CC(OC)C2OC(O)(C(=O)C(=O)N3CCCCC3C(=O)OC(C(C)=CC3CCC(O)C(OC)C3)C(C)C(O)CC1=O)C(C)CC2OC. The fraction of sp³-hybridized carbons (Fsp3) is 0.778. The number of hydrogen-bond acceptors (Lipinski definition) is 12. The zero-order valence-corrected chi connectivity index (χ0v) is 36.3. The molecule has 3 aliphatic heterocycles. The first-order valence-electron chi connectivity index (χ1n) is 21.3. The molecule has 0 radical (unpaired) electrons. The number of ketones is 2. The van der Waals surface area contributed by atoms with Crippen molar-refractivity contribution in [3.63, 3.8) is 0 Å². The predicted molar refractivity (Wildman–Crippen MR) is 217 cm³/mol. The smallest absolute Gasteiger partial charge is 0.329 e. The van der Waals surface area contributed by atoms with Gasteiger partial charge in [-0.3, -0.25) is 14.4 Å². The van der Waals surface area contributed by atoms with Gasteiger partial charge < -0.3 is 43.9 Å². The number of esters is 1. The van der Waals surface area contributed by atoms with E-state index >= 15 is 0 Å². The third kappa shape index (κ3) is 11.5. The van der Waals surface area contributed by atoms with Crippen LogP contribution in [0.3, 0.4) is 0 Å². The molecule has 13 nitrogen and oxygen atoms in total. The number of aliphatic hydroxyl groups excluding tert-OH is 2. The molecule has 4 rings (SSSR count). The Balaban J connectivity index is 1.79. The molecule has 0 aromatic carbocycles. The van der Waals surface area contributed by atoms with Gasteiger partial charge in [0.15, 0.2) is 0 Å². The van der Waals surface area contributed by atoms with Crippen LogP contribution in [0, 0.1) is 29.6 Å². The molecule has 3 heterocycles. The monoisotopic (exact) mass is 817 g/mol. The van der Waals surface area contributed by atoms with E-state index in [4.69, 9.17) is 23.7 Å². The number of fused-ring (bicyclic) bond motifs is 3. The molecular formula is C45H71NO12. The second-order valence-corrected chi connectivity index (χ2v) is 17.9. The van der Waals surface area contributed by atoms with Crippen LogP contribution in [0.25, 0.3) is 0 Å². The van der Waals surface area contributed by atoms with Gasteiger partial charge in [0, 0.05) is 52.0 Å². The Morgan fingerprint density at radius 2 is 1.57 bits per heavy atom. The van der Waals surface area contributed by atoms with Crippen LogP contribution >= 0.6 is 0 Å². The summed E-state index contributed by atoms with van der Waals surface area (Å²) in [5, 5.41) is 34.3. The molecule has 0 aromatic heterocycles. The van der Waals surface area contributed by atoms with Gasteiger partial charge in [-0.15, -0.1) is 6.58 Å². The summed E-state index contributed by atoms with van der Waals surface area (Å²) in [6.07, 6.45) is 3.27. The molecule has 1 amide bonds. The minimum Gasteiger partial charge on any atom is -0.456 e. The maximum Gasteiger partial charge on any atom is 0.329 e. The lowest BCUT2D eigenvalue weighted by molar-refractivity contribution is -0.302. The Morgan fingerprint density at radius 3 is 2.21 bits per heavy atom. The van der Waals surface area contributed by atoms with Crippen molar-refractivity contribution < 1.29 is 58.2 Å². The number of nitrogens with zero attached hydrogens (tertiary/aromatic N) is 1. The van der Waals surface area contributed by atoms with Crippen LogP contribution in [0.2, 0.25) is 0 Å². The first kappa shape index (κ1) is 47.9. The lowest BCUT2D eigenvalue weighted by Crippen LogP contribution is -2.64. The standard InChI is InChI=1S/C45H71NO12/c1-25(2)17-32-19-26(3)18-27(4)20-38(55-9)41-39(56-10)22-29(6)45(53,58-41)42(50)43(51)46-16-12-11-13-33(46)44(52)57-40(30(7)35(48)24-36(32)49)28(5)21-31-14-15-34(47)37(23-31)54-8/h19,21,27,29-35,37-41,47-48,53H,1,11-18,20,22-24H2,2-10H3. The van der Waals surface area contributed by atoms with Crippen molar-refractivity contribution in [3.05, 3.63) is 35.5 Å². The largest absolute Gasteiger partial charge is 0.456 e. The highest BCUT2D eigenvalue weighted by molar-refractivity contribution is 6.39. The van der Waals surface area contributed by atoms with E-state index in [1.165, 1.54) is 19.1 Å². The van der Waals surface area contributed by atoms with E-state index in [1.54, 1.807) is 21.0 Å². The number of piperidine rings is 1. The molecule has 2 saturated heterocycles. The van der Waals surface area contributed by atoms with Crippen molar-refractivity contribution in [2.45, 2.75) is 167 Å². The van der Waals surface area contributed by atoms with Crippen LogP contribution < -0.4 is 0 Å². The van der Waals surface area contributed by atoms with E-state index in [2.05, 4.69) is 6.58 Å². The van der Waals surface area contributed by atoms with Gasteiger partial charge in [-0.1, -0.05) is 44.1 Å². The average molecular weight is 818 g/mol. The molecule has 2 bridgehead atoms.